The number of nitrogens with zero attached hydrogens (tertiary/aromatic N) is 2. The van der Waals surface area contributed by atoms with E-state index < -0.39 is 5.97 Å². The quantitative estimate of drug-likeness (QED) is 0.822. The Labute approximate surface area is 94.0 Å². The minimum absolute atomic E-state index is 0.0608. The second-order valence-corrected chi connectivity index (χ2v) is 4.03. The number of hydrogen-bond acceptors (Lipinski definition) is 5. The third-order valence-electron chi connectivity index (χ3n) is 1.87. The number of carboxylic acid groups (broad SMARTS) is 1. The number of amides is 1. The summed E-state index contributed by atoms with van der Waals surface area (Å²) in [5.41, 5.74) is 0.264. The Kier molecular flexibility index (Phi) is 2.53. The Morgan fingerprint density at radius 3 is 2.88 bits per heavy atom. The number of thiophene rings is 1. The van der Waals surface area contributed by atoms with Crippen LogP contribution in [0.15, 0.2) is 12.5 Å². The van der Waals surface area contributed by atoms with Crippen LogP contribution in [0.3, 0.4) is 0 Å². The molecule has 2 aromatic heterocycles. The number of carbonyl (C=O) groups is 2. The first-order valence-electron chi connectivity index (χ1n) is 4.33. The predicted molar refractivity (Wildman–Crippen MR) is 58.7 cm³/mol. The Bertz CT molecular complexity index is 578. The molecule has 0 aliphatic rings. The van der Waals surface area contributed by atoms with E-state index in [0.29, 0.717) is 10.2 Å². The van der Waals surface area contributed by atoms with E-state index in [-0.39, 0.29) is 16.5 Å². The van der Waals surface area contributed by atoms with Gasteiger partial charge in [-0.15, -0.1) is 11.3 Å². The lowest BCUT2D eigenvalue weighted by Gasteiger charge is -2.00. The molecule has 0 aromatic carbocycles. The summed E-state index contributed by atoms with van der Waals surface area (Å²) in [5, 5.41) is 12.0. The maximum Gasteiger partial charge on any atom is 0.348 e. The molecule has 0 aliphatic carbocycles. The van der Waals surface area contributed by atoms with Gasteiger partial charge in [0, 0.05) is 13.1 Å². The van der Waals surface area contributed by atoms with Gasteiger partial charge in [0.25, 0.3) is 0 Å². The van der Waals surface area contributed by atoms with E-state index in [1.54, 1.807) is 0 Å². The average molecular weight is 237 g/mol. The van der Waals surface area contributed by atoms with Crippen LogP contribution in [0.4, 0.5) is 5.69 Å². The molecule has 0 unspecified atom stereocenters. The highest BCUT2D eigenvalue weighted by Crippen LogP contribution is 2.33. The molecule has 0 spiro atoms. The van der Waals surface area contributed by atoms with Crippen molar-refractivity contribution >= 4 is 39.1 Å². The Hall–Kier alpha value is -2.02. The first-order chi connectivity index (χ1) is 7.59. The monoisotopic (exact) mass is 237 g/mol. The van der Waals surface area contributed by atoms with Crippen molar-refractivity contribution in [2.45, 2.75) is 6.92 Å². The fourth-order valence-electron chi connectivity index (χ4n) is 1.29. The molecule has 1 amide bonds. The van der Waals surface area contributed by atoms with Crippen LogP contribution in [-0.4, -0.2) is 27.0 Å². The second kappa shape index (κ2) is 3.86. The van der Waals surface area contributed by atoms with Gasteiger partial charge in [-0.3, -0.25) is 4.79 Å². The van der Waals surface area contributed by atoms with Gasteiger partial charge in [-0.2, -0.15) is 0 Å². The van der Waals surface area contributed by atoms with Gasteiger partial charge in [0.2, 0.25) is 5.91 Å². The number of carboxylic acids is 1. The largest absolute Gasteiger partial charge is 0.477 e. The Morgan fingerprint density at radius 2 is 2.25 bits per heavy atom. The molecule has 0 radical (unpaired) electrons. The summed E-state index contributed by atoms with van der Waals surface area (Å²) in [6, 6.07) is 0. The molecule has 0 saturated heterocycles. The van der Waals surface area contributed by atoms with E-state index in [0.717, 1.165) is 11.3 Å². The molecule has 0 bridgehead atoms. The number of nitrogens with one attached hydrogen (secondary N) is 1. The highest BCUT2D eigenvalue weighted by molar-refractivity contribution is 7.21. The van der Waals surface area contributed by atoms with Crippen molar-refractivity contribution in [3.05, 3.63) is 17.4 Å². The highest BCUT2D eigenvalue weighted by Gasteiger charge is 2.19. The molecule has 0 saturated carbocycles. The number of aromatic nitrogens is 2. The summed E-state index contributed by atoms with van der Waals surface area (Å²) in [6.07, 6.45) is 2.82. The van der Waals surface area contributed by atoms with Gasteiger partial charge in [-0.1, -0.05) is 0 Å². The zero-order valence-corrected chi connectivity index (χ0v) is 9.04. The summed E-state index contributed by atoms with van der Waals surface area (Å²) in [7, 11) is 0. The zero-order valence-electron chi connectivity index (χ0n) is 8.22. The number of hydrogen-bond donors (Lipinski definition) is 2. The maximum absolute atomic E-state index is 11.0. The summed E-state index contributed by atoms with van der Waals surface area (Å²) < 4.78 is 0. The van der Waals surface area contributed by atoms with Gasteiger partial charge in [0.05, 0.1) is 11.1 Å². The standard InChI is InChI=1S/C9H7N3O3S/c1-4(13)12-6-5-2-10-3-11-8(5)16-7(6)9(14)15/h2-3H,1H3,(H,12,13)(H,14,15). The smallest absolute Gasteiger partial charge is 0.348 e. The molecular weight excluding hydrogens is 230 g/mol. The van der Waals surface area contributed by atoms with Crippen molar-refractivity contribution in [3.8, 4) is 0 Å². The van der Waals surface area contributed by atoms with Crippen LogP contribution < -0.4 is 5.32 Å². The van der Waals surface area contributed by atoms with Crippen LogP contribution >= 0.6 is 11.3 Å². The van der Waals surface area contributed by atoms with Crippen molar-refractivity contribution in [3.63, 3.8) is 0 Å². The molecule has 82 valence electrons. The van der Waals surface area contributed by atoms with E-state index >= 15 is 0 Å². The van der Waals surface area contributed by atoms with Crippen LogP contribution in [-0.2, 0) is 4.79 Å². The average Bonchev–Trinajstić information content (AvgIpc) is 2.57. The van der Waals surface area contributed by atoms with E-state index in [1.165, 1.54) is 19.4 Å². The first-order valence-corrected chi connectivity index (χ1v) is 5.14. The van der Waals surface area contributed by atoms with Crippen LogP contribution in [0.5, 0.6) is 0 Å². The van der Waals surface area contributed by atoms with Gasteiger partial charge in [-0.05, 0) is 0 Å². The topological polar surface area (TPSA) is 92.2 Å². The molecule has 2 heterocycles. The third kappa shape index (κ3) is 1.72. The fraction of sp³-hybridized carbons (Fsp3) is 0.111. The van der Waals surface area contributed by atoms with Crippen molar-refractivity contribution in [1.29, 1.82) is 0 Å². The zero-order chi connectivity index (χ0) is 11.7. The fourth-order valence-corrected chi connectivity index (χ4v) is 2.20. The van der Waals surface area contributed by atoms with E-state index in [1.807, 2.05) is 0 Å². The predicted octanol–water partition coefficient (Wildman–Crippen LogP) is 1.35. The minimum Gasteiger partial charge on any atom is -0.477 e. The molecule has 7 heteroatoms. The molecule has 2 N–H and O–H groups in total. The molecule has 2 rings (SSSR count). The number of fused-ring (bicyclic) bond motifs is 1. The lowest BCUT2D eigenvalue weighted by atomic mass is 10.3. The first kappa shape index (κ1) is 10.5. The van der Waals surface area contributed by atoms with Gasteiger partial charge in [0.15, 0.2) is 0 Å². The minimum atomic E-state index is -1.09. The lowest BCUT2D eigenvalue weighted by molar-refractivity contribution is -0.114. The lowest BCUT2D eigenvalue weighted by Crippen LogP contribution is -2.08. The number of rotatable bonds is 2. The highest BCUT2D eigenvalue weighted by atomic mass is 32.1. The van der Waals surface area contributed by atoms with E-state index in [4.69, 9.17) is 5.11 Å². The van der Waals surface area contributed by atoms with E-state index in [9.17, 15) is 9.59 Å². The second-order valence-electron chi connectivity index (χ2n) is 3.03. The Balaban J connectivity index is 2.69. The van der Waals surface area contributed by atoms with Crippen molar-refractivity contribution in [1.82, 2.24) is 9.97 Å². The number of aromatic carboxylic acids is 1. The molecule has 2 aromatic rings. The third-order valence-corrected chi connectivity index (χ3v) is 2.97. The summed E-state index contributed by atoms with van der Waals surface area (Å²) >= 11 is 1.01. The van der Waals surface area contributed by atoms with Crippen molar-refractivity contribution in [2.75, 3.05) is 5.32 Å². The normalized spacial score (nSPS) is 10.3. The molecular formula is C9H7N3O3S. The molecule has 0 aliphatic heterocycles. The SMILES string of the molecule is CC(=O)Nc1c(C(=O)O)sc2ncncc12. The van der Waals surface area contributed by atoms with Crippen LogP contribution in [0.25, 0.3) is 10.2 Å². The van der Waals surface area contributed by atoms with Gasteiger partial charge in [0.1, 0.15) is 16.0 Å². The van der Waals surface area contributed by atoms with Crippen molar-refractivity contribution < 1.29 is 14.7 Å². The van der Waals surface area contributed by atoms with Gasteiger partial charge in [-0.25, -0.2) is 14.8 Å². The van der Waals surface area contributed by atoms with Gasteiger partial charge >= 0.3 is 5.97 Å². The number of carbonyl (C=O) groups excluding carboxylic acids is 1. The summed E-state index contributed by atoms with van der Waals surface area (Å²) in [6.45, 7) is 1.32. The Morgan fingerprint density at radius 1 is 1.50 bits per heavy atom. The maximum atomic E-state index is 11.0. The van der Waals surface area contributed by atoms with Crippen LogP contribution in [0.1, 0.15) is 16.6 Å². The molecule has 16 heavy (non-hydrogen) atoms. The van der Waals surface area contributed by atoms with Crippen LogP contribution in [0, 0.1) is 0 Å². The van der Waals surface area contributed by atoms with Gasteiger partial charge < -0.3 is 10.4 Å². The summed E-state index contributed by atoms with van der Waals surface area (Å²) in [4.78, 5) is 30.3. The molecule has 0 atom stereocenters. The summed E-state index contributed by atoms with van der Waals surface area (Å²) in [5.74, 6) is -1.42. The van der Waals surface area contributed by atoms with E-state index in [2.05, 4.69) is 15.3 Å². The van der Waals surface area contributed by atoms with Crippen LogP contribution in [0.2, 0.25) is 0 Å². The van der Waals surface area contributed by atoms with Crippen molar-refractivity contribution in [2.24, 2.45) is 0 Å². The molecule has 6 nitrogen and oxygen atoms in total. The molecule has 0 fully saturated rings. The number of anilines is 1.